The van der Waals surface area contributed by atoms with E-state index in [0.717, 1.165) is 9.87 Å². The van der Waals surface area contributed by atoms with Crippen LogP contribution in [0.1, 0.15) is 25.8 Å². The first kappa shape index (κ1) is 29.5. The average Bonchev–Trinajstić information content (AvgIpc) is 2.96. The number of amides is 2. The van der Waals surface area contributed by atoms with Crippen LogP contribution < -0.4 is 19.1 Å². The molecule has 0 aromatic heterocycles. The Kier molecular flexibility index (Phi) is 10.3. The van der Waals surface area contributed by atoms with Gasteiger partial charge < -0.3 is 19.7 Å². The zero-order valence-corrected chi connectivity index (χ0v) is 23.5. The highest BCUT2D eigenvalue weighted by Gasteiger charge is 2.33. The van der Waals surface area contributed by atoms with Crippen LogP contribution in [-0.4, -0.2) is 58.5 Å². The fourth-order valence-electron chi connectivity index (χ4n) is 4.18. The number of rotatable bonds is 13. The van der Waals surface area contributed by atoms with Gasteiger partial charge in [-0.25, -0.2) is 8.42 Å². The van der Waals surface area contributed by atoms with Crippen molar-refractivity contribution in [1.29, 1.82) is 0 Å². The minimum Gasteiger partial charge on any atom is -0.497 e. The van der Waals surface area contributed by atoms with E-state index < -0.39 is 28.5 Å². The van der Waals surface area contributed by atoms with Gasteiger partial charge in [0, 0.05) is 13.6 Å². The molecule has 3 aromatic rings. The second-order valence-corrected chi connectivity index (χ2v) is 10.5. The SMILES string of the molecule is CCOc1ccc(S(=O)(=O)N(CC(=O)N(Cc2cccc(OC)c2)[C@@H](CC)C(=O)NC)c2ccccc2)cc1. The van der Waals surface area contributed by atoms with Crippen molar-refractivity contribution in [3.63, 3.8) is 0 Å². The maximum atomic E-state index is 13.9. The topological polar surface area (TPSA) is 105 Å². The highest BCUT2D eigenvalue weighted by atomic mass is 32.2. The fourth-order valence-corrected chi connectivity index (χ4v) is 5.59. The van der Waals surface area contributed by atoms with Crippen LogP contribution in [-0.2, 0) is 26.2 Å². The highest BCUT2D eigenvalue weighted by Crippen LogP contribution is 2.26. The smallest absolute Gasteiger partial charge is 0.264 e. The van der Waals surface area contributed by atoms with Crippen molar-refractivity contribution in [2.45, 2.75) is 37.8 Å². The number of benzene rings is 3. The summed E-state index contributed by atoms with van der Waals surface area (Å²) < 4.78 is 39.5. The Balaban J connectivity index is 2.02. The second kappa shape index (κ2) is 13.7. The predicted molar refractivity (Wildman–Crippen MR) is 150 cm³/mol. The summed E-state index contributed by atoms with van der Waals surface area (Å²) in [5.74, 6) is 0.289. The largest absolute Gasteiger partial charge is 0.497 e. The van der Waals surface area contributed by atoms with Crippen LogP contribution in [0.2, 0.25) is 0 Å². The Morgan fingerprint density at radius 1 is 0.923 bits per heavy atom. The maximum absolute atomic E-state index is 13.9. The minimum absolute atomic E-state index is 0.0142. The molecular weight excluding hydrogens is 518 g/mol. The van der Waals surface area contributed by atoms with Gasteiger partial charge in [0.2, 0.25) is 11.8 Å². The Morgan fingerprint density at radius 3 is 2.21 bits per heavy atom. The number of para-hydroxylation sites is 1. The van der Waals surface area contributed by atoms with Crippen LogP contribution in [0.3, 0.4) is 0 Å². The van der Waals surface area contributed by atoms with Crippen LogP contribution in [0, 0.1) is 0 Å². The number of carbonyl (C=O) groups excluding carboxylic acids is 2. The van der Waals surface area contributed by atoms with Gasteiger partial charge in [-0.05, 0) is 67.4 Å². The van der Waals surface area contributed by atoms with Crippen LogP contribution in [0.4, 0.5) is 5.69 Å². The minimum atomic E-state index is -4.15. The molecule has 0 bridgehead atoms. The summed E-state index contributed by atoms with van der Waals surface area (Å²) in [5, 5.41) is 2.62. The van der Waals surface area contributed by atoms with Crippen molar-refractivity contribution in [3.8, 4) is 11.5 Å². The molecule has 0 unspecified atom stereocenters. The van der Waals surface area contributed by atoms with Crippen LogP contribution in [0.15, 0.2) is 83.8 Å². The molecule has 9 nitrogen and oxygen atoms in total. The zero-order chi connectivity index (χ0) is 28.4. The van der Waals surface area contributed by atoms with E-state index >= 15 is 0 Å². The van der Waals surface area contributed by atoms with Crippen molar-refractivity contribution >= 4 is 27.5 Å². The Hall–Kier alpha value is -4.05. The number of hydrogen-bond acceptors (Lipinski definition) is 6. The molecule has 39 heavy (non-hydrogen) atoms. The molecule has 3 rings (SSSR count). The van der Waals surface area contributed by atoms with Crippen molar-refractivity contribution < 1.29 is 27.5 Å². The van der Waals surface area contributed by atoms with Gasteiger partial charge in [0.1, 0.15) is 24.1 Å². The van der Waals surface area contributed by atoms with Gasteiger partial charge in [-0.1, -0.05) is 37.3 Å². The number of hydrogen-bond donors (Lipinski definition) is 1. The number of ether oxygens (including phenoxy) is 2. The van der Waals surface area contributed by atoms with E-state index in [1.807, 2.05) is 13.0 Å². The summed E-state index contributed by atoms with van der Waals surface area (Å²) in [6, 6.07) is 20.9. The van der Waals surface area contributed by atoms with Crippen molar-refractivity contribution in [2.75, 3.05) is 31.6 Å². The van der Waals surface area contributed by atoms with Crippen molar-refractivity contribution in [2.24, 2.45) is 0 Å². The molecule has 2 amide bonds. The molecule has 0 radical (unpaired) electrons. The Bertz CT molecular complexity index is 1350. The van der Waals surface area contributed by atoms with Crippen molar-refractivity contribution in [3.05, 3.63) is 84.4 Å². The quantitative estimate of drug-likeness (QED) is 0.345. The van der Waals surface area contributed by atoms with E-state index in [-0.39, 0.29) is 17.3 Å². The third-order valence-corrected chi connectivity index (χ3v) is 7.95. The molecule has 0 aliphatic carbocycles. The number of nitrogens with one attached hydrogen (secondary N) is 1. The molecule has 0 saturated heterocycles. The van der Waals surface area contributed by atoms with E-state index in [1.54, 1.807) is 74.7 Å². The van der Waals surface area contributed by atoms with Crippen LogP contribution in [0.25, 0.3) is 0 Å². The van der Waals surface area contributed by atoms with E-state index in [1.165, 1.54) is 24.1 Å². The number of anilines is 1. The number of sulfonamides is 1. The second-order valence-electron chi connectivity index (χ2n) is 8.66. The standard InChI is InChI=1S/C29H35N3O6S/c1-5-27(29(34)30-3)31(20-22-11-10-14-25(19-22)37-4)28(33)21-32(23-12-8-7-9-13-23)39(35,36)26-17-15-24(16-18-26)38-6-2/h7-19,27H,5-6,20-21H2,1-4H3,(H,30,34)/t27-/m0/s1. The summed E-state index contributed by atoms with van der Waals surface area (Å²) in [6.45, 7) is 3.68. The maximum Gasteiger partial charge on any atom is 0.264 e. The summed E-state index contributed by atoms with van der Waals surface area (Å²) in [6.07, 6.45) is 0.340. The lowest BCUT2D eigenvalue weighted by Gasteiger charge is -2.33. The van der Waals surface area contributed by atoms with Gasteiger partial charge in [-0.2, -0.15) is 0 Å². The first-order valence-electron chi connectivity index (χ1n) is 12.7. The number of nitrogens with zero attached hydrogens (tertiary/aromatic N) is 2. The lowest BCUT2D eigenvalue weighted by Crippen LogP contribution is -2.51. The van der Waals surface area contributed by atoms with Crippen molar-refractivity contribution in [1.82, 2.24) is 10.2 Å². The molecule has 208 valence electrons. The summed E-state index contributed by atoms with van der Waals surface area (Å²) in [5.41, 5.74) is 1.07. The molecule has 0 heterocycles. The van der Waals surface area contributed by atoms with Gasteiger partial charge in [0.05, 0.1) is 24.3 Å². The first-order chi connectivity index (χ1) is 18.7. The Labute approximate surface area is 230 Å². The molecule has 0 aliphatic rings. The normalized spacial score (nSPS) is 11.8. The highest BCUT2D eigenvalue weighted by molar-refractivity contribution is 7.92. The van der Waals surface area contributed by atoms with Crippen LogP contribution in [0.5, 0.6) is 11.5 Å². The van der Waals surface area contributed by atoms with E-state index in [4.69, 9.17) is 9.47 Å². The molecule has 1 atom stereocenters. The van der Waals surface area contributed by atoms with Gasteiger partial charge >= 0.3 is 0 Å². The van der Waals surface area contributed by atoms with Gasteiger partial charge in [0.15, 0.2) is 0 Å². The van der Waals surface area contributed by atoms with E-state index in [0.29, 0.717) is 30.2 Å². The summed E-state index contributed by atoms with van der Waals surface area (Å²) in [7, 11) is -1.09. The van der Waals surface area contributed by atoms with Crippen LogP contribution >= 0.6 is 0 Å². The van der Waals surface area contributed by atoms with E-state index in [9.17, 15) is 18.0 Å². The Morgan fingerprint density at radius 2 is 1.62 bits per heavy atom. The monoisotopic (exact) mass is 553 g/mol. The molecule has 0 saturated carbocycles. The van der Waals surface area contributed by atoms with E-state index in [2.05, 4.69) is 5.32 Å². The lowest BCUT2D eigenvalue weighted by atomic mass is 10.1. The van der Waals surface area contributed by atoms with Gasteiger partial charge in [-0.15, -0.1) is 0 Å². The predicted octanol–water partition coefficient (Wildman–Crippen LogP) is 3.84. The fraction of sp³-hybridized carbons (Fsp3) is 0.310. The molecule has 3 aromatic carbocycles. The lowest BCUT2D eigenvalue weighted by molar-refractivity contribution is -0.140. The first-order valence-corrected chi connectivity index (χ1v) is 14.1. The molecule has 0 spiro atoms. The van der Waals surface area contributed by atoms with Gasteiger partial charge in [0.25, 0.3) is 10.0 Å². The molecular formula is C29H35N3O6S. The third kappa shape index (κ3) is 7.29. The molecule has 0 fully saturated rings. The zero-order valence-electron chi connectivity index (χ0n) is 22.7. The number of carbonyl (C=O) groups is 2. The van der Waals surface area contributed by atoms with Gasteiger partial charge in [-0.3, -0.25) is 13.9 Å². The third-order valence-electron chi connectivity index (χ3n) is 6.17. The molecule has 10 heteroatoms. The summed E-state index contributed by atoms with van der Waals surface area (Å²) >= 11 is 0. The number of likely N-dealkylation sites (N-methyl/N-ethyl adjacent to an activating group) is 1. The molecule has 1 N–H and O–H groups in total. The number of methoxy groups -OCH3 is 1. The summed E-state index contributed by atoms with van der Waals surface area (Å²) in [4.78, 5) is 28.1. The average molecular weight is 554 g/mol. The molecule has 0 aliphatic heterocycles.